The van der Waals surface area contributed by atoms with Gasteiger partial charge in [-0.3, -0.25) is 20.1 Å². The Morgan fingerprint density at radius 1 is 1.00 bits per heavy atom. The second kappa shape index (κ2) is 6.38. The minimum absolute atomic E-state index is 0.211. The summed E-state index contributed by atoms with van der Waals surface area (Å²) in [7, 11) is 0. The summed E-state index contributed by atoms with van der Waals surface area (Å²) in [6.07, 6.45) is 5.96. The molecular weight excluding hydrogens is 353 g/mol. The molecule has 0 radical (unpaired) electrons. The standard InChI is InChI=1S/C15H9Cl2N5O2/c16-11-6-19-3-1-8(11)10-5-13(22(23)24)15(18)21-14(10)9-2-4-20-7-12(9)17/h1-7H,(H2,18,21). The second-order valence-electron chi connectivity index (χ2n) is 4.76. The van der Waals surface area contributed by atoms with Gasteiger partial charge in [0.05, 0.1) is 20.7 Å². The number of anilines is 1. The number of aromatic nitrogens is 3. The molecule has 0 atom stereocenters. The molecule has 0 aliphatic rings. The van der Waals surface area contributed by atoms with Gasteiger partial charge in [-0.25, -0.2) is 4.98 Å². The molecule has 24 heavy (non-hydrogen) atoms. The lowest BCUT2D eigenvalue weighted by molar-refractivity contribution is -0.384. The summed E-state index contributed by atoms with van der Waals surface area (Å²) >= 11 is 12.4. The number of hydrogen-bond donors (Lipinski definition) is 1. The van der Waals surface area contributed by atoms with Crippen molar-refractivity contribution in [3.05, 3.63) is 63.1 Å². The molecule has 0 unspecified atom stereocenters. The van der Waals surface area contributed by atoms with Crippen molar-refractivity contribution in [3.63, 3.8) is 0 Å². The number of rotatable bonds is 3. The van der Waals surface area contributed by atoms with Crippen LogP contribution in [-0.2, 0) is 0 Å². The van der Waals surface area contributed by atoms with Gasteiger partial charge < -0.3 is 5.73 Å². The highest BCUT2D eigenvalue weighted by Gasteiger charge is 2.22. The molecule has 0 bridgehead atoms. The van der Waals surface area contributed by atoms with Gasteiger partial charge >= 0.3 is 5.69 Å². The topological polar surface area (TPSA) is 108 Å². The van der Waals surface area contributed by atoms with Gasteiger partial charge in [-0.05, 0) is 12.1 Å². The largest absolute Gasteiger partial charge is 0.378 e. The number of nitro groups is 1. The van der Waals surface area contributed by atoms with E-state index in [1.54, 1.807) is 18.3 Å². The molecule has 2 N–H and O–H groups in total. The van der Waals surface area contributed by atoms with E-state index in [2.05, 4.69) is 15.0 Å². The Balaban J connectivity index is 2.37. The van der Waals surface area contributed by atoms with Crippen LogP contribution < -0.4 is 5.73 Å². The molecule has 3 aromatic heterocycles. The van der Waals surface area contributed by atoms with Gasteiger partial charge in [0.25, 0.3) is 0 Å². The Labute approximate surface area is 146 Å². The fourth-order valence-electron chi connectivity index (χ4n) is 2.23. The Morgan fingerprint density at radius 3 is 2.12 bits per heavy atom. The van der Waals surface area contributed by atoms with Crippen LogP contribution in [0.2, 0.25) is 10.0 Å². The maximum atomic E-state index is 11.2. The van der Waals surface area contributed by atoms with E-state index in [1.165, 1.54) is 24.7 Å². The Bertz CT molecular complexity index is 949. The Hall–Kier alpha value is -2.77. The van der Waals surface area contributed by atoms with Crippen molar-refractivity contribution in [2.24, 2.45) is 0 Å². The molecule has 120 valence electrons. The summed E-state index contributed by atoms with van der Waals surface area (Å²) in [4.78, 5) is 22.6. The first-order chi connectivity index (χ1) is 11.5. The second-order valence-corrected chi connectivity index (χ2v) is 5.57. The summed E-state index contributed by atoms with van der Waals surface area (Å²) in [5.41, 5.74) is 7.30. The number of nitrogens with two attached hydrogens (primary N) is 1. The van der Waals surface area contributed by atoms with Crippen LogP contribution in [0.15, 0.2) is 43.0 Å². The van der Waals surface area contributed by atoms with Crippen LogP contribution in [0, 0.1) is 10.1 Å². The zero-order valence-corrected chi connectivity index (χ0v) is 13.5. The molecule has 3 rings (SSSR count). The number of nitrogen functional groups attached to an aromatic ring is 1. The maximum absolute atomic E-state index is 11.2. The molecule has 9 heteroatoms. The van der Waals surface area contributed by atoms with E-state index in [0.29, 0.717) is 32.4 Å². The molecule has 0 saturated heterocycles. The van der Waals surface area contributed by atoms with Crippen LogP contribution in [0.3, 0.4) is 0 Å². The van der Waals surface area contributed by atoms with E-state index in [4.69, 9.17) is 28.9 Å². The van der Waals surface area contributed by atoms with Gasteiger partial charge in [-0.2, -0.15) is 0 Å². The van der Waals surface area contributed by atoms with Crippen LogP contribution in [0.25, 0.3) is 22.4 Å². The van der Waals surface area contributed by atoms with E-state index < -0.39 is 4.92 Å². The van der Waals surface area contributed by atoms with Crippen molar-refractivity contribution in [1.82, 2.24) is 15.0 Å². The number of nitrogens with zero attached hydrogens (tertiary/aromatic N) is 4. The monoisotopic (exact) mass is 361 g/mol. The zero-order chi connectivity index (χ0) is 17.3. The SMILES string of the molecule is Nc1nc(-c2ccncc2Cl)c(-c2ccncc2Cl)cc1[N+](=O)[O-]. The zero-order valence-electron chi connectivity index (χ0n) is 12.0. The molecule has 0 saturated carbocycles. The number of hydrogen-bond acceptors (Lipinski definition) is 6. The van der Waals surface area contributed by atoms with Crippen molar-refractivity contribution in [2.45, 2.75) is 0 Å². The number of pyridine rings is 3. The van der Waals surface area contributed by atoms with E-state index in [0.717, 1.165) is 0 Å². The van der Waals surface area contributed by atoms with Crippen LogP contribution in [0.4, 0.5) is 11.5 Å². The molecule has 3 aromatic rings. The van der Waals surface area contributed by atoms with Crippen molar-refractivity contribution in [3.8, 4) is 22.4 Å². The molecule has 3 heterocycles. The molecule has 7 nitrogen and oxygen atoms in total. The minimum Gasteiger partial charge on any atom is -0.378 e. The summed E-state index contributed by atoms with van der Waals surface area (Å²) in [6.45, 7) is 0. The maximum Gasteiger partial charge on any atom is 0.311 e. The number of halogens is 2. The average Bonchev–Trinajstić information content (AvgIpc) is 2.55. The van der Waals surface area contributed by atoms with Crippen LogP contribution in [-0.4, -0.2) is 19.9 Å². The molecule has 0 aliphatic carbocycles. The summed E-state index contributed by atoms with van der Waals surface area (Å²) < 4.78 is 0. The van der Waals surface area contributed by atoms with E-state index in [-0.39, 0.29) is 11.5 Å². The highest BCUT2D eigenvalue weighted by molar-refractivity contribution is 6.34. The van der Waals surface area contributed by atoms with Crippen molar-refractivity contribution in [1.29, 1.82) is 0 Å². The average molecular weight is 362 g/mol. The van der Waals surface area contributed by atoms with E-state index in [9.17, 15) is 10.1 Å². The smallest absolute Gasteiger partial charge is 0.311 e. The first-order valence-electron chi connectivity index (χ1n) is 6.63. The van der Waals surface area contributed by atoms with Gasteiger partial charge in [0.1, 0.15) is 0 Å². The highest BCUT2D eigenvalue weighted by atomic mass is 35.5. The van der Waals surface area contributed by atoms with Gasteiger partial charge in [0, 0.05) is 47.5 Å². The highest BCUT2D eigenvalue weighted by Crippen LogP contribution is 2.40. The minimum atomic E-state index is -0.598. The predicted molar refractivity (Wildman–Crippen MR) is 91.8 cm³/mol. The molecule has 0 aliphatic heterocycles. The third kappa shape index (κ3) is 2.86. The Morgan fingerprint density at radius 2 is 1.58 bits per heavy atom. The molecule has 0 aromatic carbocycles. The fourth-order valence-corrected chi connectivity index (χ4v) is 2.66. The lowest BCUT2D eigenvalue weighted by Gasteiger charge is -2.12. The van der Waals surface area contributed by atoms with Crippen molar-refractivity contribution < 1.29 is 4.92 Å². The molecule has 0 fully saturated rings. The lowest BCUT2D eigenvalue weighted by atomic mass is 10.00. The third-order valence-corrected chi connectivity index (χ3v) is 3.92. The van der Waals surface area contributed by atoms with Gasteiger partial charge in [-0.1, -0.05) is 23.2 Å². The summed E-state index contributed by atoms with van der Waals surface area (Å²) in [5.74, 6) is -0.211. The van der Waals surface area contributed by atoms with E-state index >= 15 is 0 Å². The van der Waals surface area contributed by atoms with Crippen LogP contribution >= 0.6 is 23.2 Å². The third-order valence-electron chi connectivity index (χ3n) is 3.32. The first-order valence-corrected chi connectivity index (χ1v) is 7.39. The Kier molecular flexibility index (Phi) is 4.28. The molecule has 0 amide bonds. The summed E-state index contributed by atoms with van der Waals surface area (Å²) in [5, 5.41) is 11.9. The predicted octanol–water partition coefficient (Wildman–Crippen LogP) is 4.00. The van der Waals surface area contributed by atoms with Gasteiger partial charge in [-0.15, -0.1) is 0 Å². The van der Waals surface area contributed by atoms with Crippen LogP contribution in [0.5, 0.6) is 0 Å². The fraction of sp³-hybridized carbons (Fsp3) is 0. The van der Waals surface area contributed by atoms with Gasteiger partial charge in [0.2, 0.25) is 5.82 Å². The lowest BCUT2D eigenvalue weighted by Crippen LogP contribution is -2.02. The normalized spacial score (nSPS) is 10.6. The summed E-state index contributed by atoms with van der Waals surface area (Å²) in [6, 6.07) is 4.61. The molecule has 0 spiro atoms. The van der Waals surface area contributed by atoms with Crippen LogP contribution in [0.1, 0.15) is 0 Å². The molecular formula is C15H9Cl2N5O2. The van der Waals surface area contributed by atoms with Crippen molar-refractivity contribution in [2.75, 3.05) is 5.73 Å². The van der Waals surface area contributed by atoms with E-state index in [1.807, 2.05) is 0 Å². The van der Waals surface area contributed by atoms with Gasteiger partial charge in [0.15, 0.2) is 0 Å². The quantitative estimate of drug-likeness (QED) is 0.557. The van der Waals surface area contributed by atoms with Crippen molar-refractivity contribution >= 4 is 34.7 Å². The first kappa shape index (κ1) is 16.1.